The van der Waals surface area contributed by atoms with Crippen LogP contribution in [0.4, 0.5) is 0 Å². The molecule has 0 saturated carbocycles. The first-order valence-electron chi connectivity index (χ1n) is 10.7. The lowest BCUT2D eigenvalue weighted by molar-refractivity contribution is -0.144. The summed E-state index contributed by atoms with van der Waals surface area (Å²) in [6.07, 6.45) is 0.680. The van der Waals surface area contributed by atoms with Crippen molar-refractivity contribution in [3.05, 3.63) is 78.4 Å². The zero-order valence-corrected chi connectivity index (χ0v) is 18.5. The minimum Gasteiger partial charge on any atom is -0.486 e. The summed E-state index contributed by atoms with van der Waals surface area (Å²) in [5, 5.41) is 2.35. The zero-order chi connectivity index (χ0) is 21.8. The Morgan fingerprint density at radius 2 is 1.60 bits per heavy atom. The maximum Gasteiger partial charge on any atom is 0.320 e. The Labute approximate surface area is 180 Å². The molecule has 0 N–H and O–H groups in total. The van der Waals surface area contributed by atoms with Gasteiger partial charge in [0.2, 0.25) is 0 Å². The number of hydrogen-bond acceptors (Lipinski definition) is 4. The monoisotopic (exact) mass is 407 g/mol. The van der Waals surface area contributed by atoms with E-state index in [1.54, 1.807) is 0 Å². The van der Waals surface area contributed by atoms with Crippen molar-refractivity contribution in [1.82, 2.24) is 4.90 Å². The van der Waals surface area contributed by atoms with Gasteiger partial charge in [0.15, 0.2) is 0 Å². The topological polar surface area (TPSA) is 38.8 Å². The van der Waals surface area contributed by atoms with E-state index in [9.17, 15) is 4.79 Å². The lowest BCUT2D eigenvalue weighted by atomic mass is 10.1. The zero-order valence-electron chi connectivity index (χ0n) is 18.5. The first-order valence-corrected chi connectivity index (χ1v) is 10.7. The molecule has 1 atom stereocenters. The molecule has 160 valence electrons. The van der Waals surface area contributed by atoms with Crippen LogP contribution >= 0.6 is 0 Å². The maximum absolute atomic E-state index is 11.7. The summed E-state index contributed by atoms with van der Waals surface area (Å²) in [6, 6.07) is 24.6. The number of ether oxygens (including phenoxy) is 2. The minimum absolute atomic E-state index is 0.0907. The highest BCUT2D eigenvalue weighted by Gasteiger charge is 2.16. The van der Waals surface area contributed by atoms with Crippen LogP contribution in [0.15, 0.2) is 72.8 Å². The van der Waals surface area contributed by atoms with Gasteiger partial charge in [-0.3, -0.25) is 9.69 Å². The van der Waals surface area contributed by atoms with Crippen molar-refractivity contribution in [3.8, 4) is 5.75 Å². The van der Waals surface area contributed by atoms with Crippen LogP contribution in [0.5, 0.6) is 5.75 Å². The Balaban J connectivity index is 0.00000155. The van der Waals surface area contributed by atoms with Crippen molar-refractivity contribution >= 4 is 16.7 Å². The Bertz CT molecular complexity index is 895. The molecule has 0 fully saturated rings. The second-order valence-electron chi connectivity index (χ2n) is 6.86. The van der Waals surface area contributed by atoms with E-state index in [0.29, 0.717) is 6.61 Å². The van der Waals surface area contributed by atoms with Gasteiger partial charge in [-0.05, 0) is 42.4 Å². The van der Waals surface area contributed by atoms with Crippen LogP contribution in [0, 0.1) is 0 Å². The van der Waals surface area contributed by atoms with Gasteiger partial charge in [0.25, 0.3) is 0 Å². The van der Waals surface area contributed by atoms with Crippen LogP contribution in [0.25, 0.3) is 10.8 Å². The van der Waals surface area contributed by atoms with E-state index in [-0.39, 0.29) is 18.6 Å². The van der Waals surface area contributed by atoms with Gasteiger partial charge < -0.3 is 9.47 Å². The van der Waals surface area contributed by atoms with Crippen LogP contribution in [0.3, 0.4) is 0 Å². The third-order valence-corrected chi connectivity index (χ3v) is 4.65. The number of likely N-dealkylation sites (N-methyl/N-ethyl adjacent to an activating group) is 1. The highest BCUT2D eigenvalue weighted by Crippen LogP contribution is 2.28. The number of hydrogen-bond donors (Lipinski definition) is 0. The van der Waals surface area contributed by atoms with Gasteiger partial charge in [-0.2, -0.15) is 0 Å². The van der Waals surface area contributed by atoms with Crippen LogP contribution in [-0.2, 0) is 9.53 Å². The first-order chi connectivity index (χ1) is 14.7. The molecule has 0 aromatic heterocycles. The van der Waals surface area contributed by atoms with Gasteiger partial charge in [-0.25, -0.2) is 0 Å². The molecule has 0 aliphatic carbocycles. The summed E-state index contributed by atoms with van der Waals surface area (Å²) in [6.45, 7) is 7.24. The molecule has 0 aliphatic rings. The summed E-state index contributed by atoms with van der Waals surface area (Å²) in [5.74, 6) is 0.650. The molecule has 3 rings (SSSR count). The number of benzene rings is 3. The number of fused-ring (bicyclic) bond motifs is 1. The van der Waals surface area contributed by atoms with Crippen molar-refractivity contribution in [2.24, 2.45) is 0 Å². The van der Waals surface area contributed by atoms with E-state index >= 15 is 0 Å². The highest BCUT2D eigenvalue weighted by molar-refractivity contribution is 5.83. The predicted molar refractivity (Wildman–Crippen MR) is 124 cm³/mol. The molecular weight excluding hydrogens is 374 g/mol. The van der Waals surface area contributed by atoms with Crippen LogP contribution < -0.4 is 4.74 Å². The van der Waals surface area contributed by atoms with Gasteiger partial charge in [-0.1, -0.05) is 74.5 Å². The molecular formula is C26H33NO3. The Kier molecular flexibility index (Phi) is 9.88. The normalized spacial score (nSPS) is 11.5. The average Bonchev–Trinajstić information content (AvgIpc) is 2.78. The number of carbonyl (C=O) groups is 1. The fourth-order valence-electron chi connectivity index (χ4n) is 3.21. The minimum atomic E-state index is -0.197. The van der Waals surface area contributed by atoms with Crippen molar-refractivity contribution < 1.29 is 14.3 Å². The van der Waals surface area contributed by atoms with Crippen LogP contribution in [-0.4, -0.2) is 37.6 Å². The summed E-state index contributed by atoms with van der Waals surface area (Å²) in [4.78, 5) is 13.7. The van der Waals surface area contributed by atoms with Crippen molar-refractivity contribution in [1.29, 1.82) is 0 Å². The van der Waals surface area contributed by atoms with E-state index in [4.69, 9.17) is 9.47 Å². The highest BCUT2D eigenvalue weighted by atomic mass is 16.5. The summed E-state index contributed by atoms with van der Waals surface area (Å²) in [7, 11) is 1.93. The fourth-order valence-corrected chi connectivity index (χ4v) is 3.21. The van der Waals surface area contributed by atoms with Gasteiger partial charge in [0.05, 0.1) is 13.2 Å². The first kappa shape index (κ1) is 23.4. The van der Waals surface area contributed by atoms with Crippen molar-refractivity contribution in [2.75, 3.05) is 26.7 Å². The summed E-state index contributed by atoms with van der Waals surface area (Å²) >= 11 is 0. The Morgan fingerprint density at radius 3 is 2.30 bits per heavy atom. The van der Waals surface area contributed by atoms with E-state index < -0.39 is 0 Å². The lowest BCUT2D eigenvalue weighted by Crippen LogP contribution is -2.29. The molecule has 0 heterocycles. The molecule has 0 radical (unpaired) electrons. The number of rotatable bonds is 9. The van der Waals surface area contributed by atoms with Crippen molar-refractivity contribution in [3.63, 3.8) is 0 Å². The smallest absolute Gasteiger partial charge is 0.320 e. The fraction of sp³-hybridized carbons (Fsp3) is 0.346. The third kappa shape index (κ3) is 7.20. The van der Waals surface area contributed by atoms with E-state index in [0.717, 1.165) is 29.7 Å². The Hall–Kier alpha value is -2.85. The second-order valence-corrected chi connectivity index (χ2v) is 6.86. The molecule has 0 spiro atoms. The molecule has 4 nitrogen and oxygen atoms in total. The summed E-state index contributed by atoms with van der Waals surface area (Å²) in [5.41, 5.74) is 1.13. The molecule has 3 aromatic carbocycles. The van der Waals surface area contributed by atoms with Crippen LogP contribution in [0.2, 0.25) is 0 Å². The van der Waals surface area contributed by atoms with Gasteiger partial charge in [-0.15, -0.1) is 0 Å². The molecule has 0 aliphatic heterocycles. The number of esters is 1. The van der Waals surface area contributed by atoms with Crippen LogP contribution in [0.1, 0.15) is 38.9 Å². The van der Waals surface area contributed by atoms with E-state index in [1.807, 2.05) is 69.1 Å². The molecule has 0 amide bonds. The molecule has 4 heteroatoms. The molecule has 30 heavy (non-hydrogen) atoms. The number of nitrogens with zero attached hydrogens (tertiary/aromatic N) is 1. The van der Waals surface area contributed by atoms with E-state index in [2.05, 4.69) is 36.4 Å². The average molecular weight is 408 g/mol. The second kappa shape index (κ2) is 12.7. The molecule has 0 bridgehead atoms. The lowest BCUT2D eigenvalue weighted by Gasteiger charge is -2.23. The largest absolute Gasteiger partial charge is 0.486 e. The predicted octanol–water partition coefficient (Wildman–Crippen LogP) is 5.87. The maximum atomic E-state index is 11.7. The van der Waals surface area contributed by atoms with Gasteiger partial charge in [0, 0.05) is 13.0 Å². The molecule has 0 saturated heterocycles. The number of carbonyl (C=O) groups excluding carboxylic acids is 1. The SMILES string of the molecule is CC.CCOC(=O)CN(C)CCC(Oc1ccc2ccccc2c1)c1ccccc1. The standard InChI is InChI=1S/C24H27NO3.C2H6/c1-3-27-24(26)18-25(2)16-15-23(20-10-5-4-6-11-20)28-22-14-13-19-9-7-8-12-21(19)17-22;1-2/h4-14,17,23H,3,15-16,18H2,1-2H3;1-2H3. The third-order valence-electron chi connectivity index (χ3n) is 4.65. The van der Waals surface area contributed by atoms with Crippen molar-refractivity contribution in [2.45, 2.75) is 33.3 Å². The molecule has 3 aromatic rings. The van der Waals surface area contributed by atoms with E-state index in [1.165, 1.54) is 5.39 Å². The summed E-state index contributed by atoms with van der Waals surface area (Å²) < 4.78 is 11.4. The van der Waals surface area contributed by atoms with Gasteiger partial charge >= 0.3 is 5.97 Å². The quantitative estimate of drug-likeness (QED) is 0.416. The van der Waals surface area contributed by atoms with Gasteiger partial charge in [0.1, 0.15) is 11.9 Å². The Morgan fingerprint density at radius 1 is 0.933 bits per heavy atom. The molecule has 1 unspecified atom stereocenters.